The standard InChI is InChI=1S/C9H19NO3/c1-3-4-5-6-9(2,10)13-8(12)7-11/h11H,3-7,10H2,1-2H3. The molecule has 0 fully saturated rings. The van der Waals surface area contributed by atoms with E-state index in [1.54, 1.807) is 6.92 Å². The number of aliphatic hydroxyl groups is 1. The zero-order chi connectivity index (χ0) is 10.3. The molecule has 4 nitrogen and oxygen atoms in total. The van der Waals surface area contributed by atoms with Gasteiger partial charge in [-0.1, -0.05) is 19.8 Å². The lowest BCUT2D eigenvalue weighted by Gasteiger charge is -2.24. The molecule has 78 valence electrons. The van der Waals surface area contributed by atoms with Crippen LogP contribution in [0, 0.1) is 0 Å². The first kappa shape index (κ1) is 12.4. The molecule has 1 unspecified atom stereocenters. The maximum atomic E-state index is 10.7. The molecule has 13 heavy (non-hydrogen) atoms. The first-order valence-corrected chi connectivity index (χ1v) is 4.63. The fourth-order valence-corrected chi connectivity index (χ4v) is 1.07. The van der Waals surface area contributed by atoms with Crippen LogP contribution in [0.5, 0.6) is 0 Å². The minimum atomic E-state index is -0.936. The molecule has 0 aromatic carbocycles. The number of rotatable bonds is 6. The number of hydrogen-bond acceptors (Lipinski definition) is 4. The van der Waals surface area contributed by atoms with Crippen molar-refractivity contribution in [3.8, 4) is 0 Å². The summed E-state index contributed by atoms with van der Waals surface area (Å²) >= 11 is 0. The summed E-state index contributed by atoms with van der Waals surface area (Å²) in [5.41, 5.74) is 4.74. The second-order valence-electron chi connectivity index (χ2n) is 3.40. The van der Waals surface area contributed by atoms with Gasteiger partial charge in [0.25, 0.3) is 0 Å². The van der Waals surface area contributed by atoms with Gasteiger partial charge in [-0.3, -0.25) is 5.73 Å². The Morgan fingerprint density at radius 2 is 2.15 bits per heavy atom. The van der Waals surface area contributed by atoms with Crippen LogP contribution in [0.25, 0.3) is 0 Å². The molecule has 1 atom stereocenters. The van der Waals surface area contributed by atoms with Gasteiger partial charge in [0.1, 0.15) is 6.61 Å². The SMILES string of the molecule is CCCCCC(C)(N)OC(=O)CO. The lowest BCUT2D eigenvalue weighted by molar-refractivity contribution is -0.161. The van der Waals surface area contributed by atoms with E-state index >= 15 is 0 Å². The van der Waals surface area contributed by atoms with Gasteiger partial charge in [0.15, 0.2) is 5.72 Å². The molecule has 0 rings (SSSR count). The fourth-order valence-electron chi connectivity index (χ4n) is 1.07. The normalized spacial score (nSPS) is 15.1. The lowest BCUT2D eigenvalue weighted by Crippen LogP contribution is -2.41. The van der Waals surface area contributed by atoms with Gasteiger partial charge in [0.2, 0.25) is 0 Å². The van der Waals surface area contributed by atoms with Crippen LogP contribution in [0.3, 0.4) is 0 Å². The fraction of sp³-hybridized carbons (Fsp3) is 0.889. The van der Waals surface area contributed by atoms with Gasteiger partial charge in [-0.25, -0.2) is 4.79 Å². The van der Waals surface area contributed by atoms with Crippen molar-refractivity contribution in [2.45, 2.75) is 45.3 Å². The Labute approximate surface area is 79.1 Å². The average Bonchev–Trinajstić information content (AvgIpc) is 2.03. The van der Waals surface area contributed by atoms with Gasteiger partial charge < -0.3 is 9.84 Å². The van der Waals surface area contributed by atoms with Crippen LogP contribution in [-0.4, -0.2) is 23.4 Å². The molecule has 0 spiro atoms. The number of nitrogens with two attached hydrogens (primary N) is 1. The van der Waals surface area contributed by atoms with Gasteiger partial charge in [0.05, 0.1) is 0 Å². The highest BCUT2D eigenvalue weighted by Gasteiger charge is 2.21. The molecule has 0 aromatic heterocycles. The molecule has 0 bridgehead atoms. The quantitative estimate of drug-likeness (QED) is 0.368. The average molecular weight is 189 g/mol. The smallest absolute Gasteiger partial charge is 0.333 e. The van der Waals surface area contributed by atoms with Gasteiger partial charge in [-0.15, -0.1) is 0 Å². The van der Waals surface area contributed by atoms with Crippen LogP contribution >= 0.6 is 0 Å². The highest BCUT2D eigenvalue weighted by molar-refractivity contribution is 5.70. The zero-order valence-electron chi connectivity index (χ0n) is 8.38. The predicted molar refractivity (Wildman–Crippen MR) is 49.9 cm³/mol. The number of carbonyl (C=O) groups excluding carboxylic acids is 1. The number of aliphatic hydroxyl groups excluding tert-OH is 1. The summed E-state index contributed by atoms with van der Waals surface area (Å²) in [5.74, 6) is -0.665. The Morgan fingerprint density at radius 3 is 2.62 bits per heavy atom. The molecule has 0 aliphatic carbocycles. The third-order valence-electron chi connectivity index (χ3n) is 1.75. The highest BCUT2D eigenvalue weighted by Crippen LogP contribution is 2.13. The van der Waals surface area contributed by atoms with Crippen molar-refractivity contribution in [2.24, 2.45) is 5.73 Å². The summed E-state index contributed by atoms with van der Waals surface area (Å²) in [7, 11) is 0. The van der Waals surface area contributed by atoms with Crippen LogP contribution in [0.4, 0.5) is 0 Å². The van der Waals surface area contributed by atoms with Crippen molar-refractivity contribution in [2.75, 3.05) is 6.61 Å². The van der Waals surface area contributed by atoms with E-state index in [-0.39, 0.29) is 0 Å². The summed E-state index contributed by atoms with van der Waals surface area (Å²) in [5, 5.41) is 8.44. The van der Waals surface area contributed by atoms with E-state index in [0.717, 1.165) is 19.3 Å². The summed E-state index contributed by atoms with van der Waals surface area (Å²) in [4.78, 5) is 10.7. The molecule has 0 aliphatic heterocycles. The van der Waals surface area contributed by atoms with Crippen LogP contribution in [0.2, 0.25) is 0 Å². The Balaban J connectivity index is 3.72. The Hall–Kier alpha value is -0.610. The Bertz CT molecular complexity index is 157. The van der Waals surface area contributed by atoms with Crippen molar-refractivity contribution < 1.29 is 14.6 Å². The van der Waals surface area contributed by atoms with E-state index in [2.05, 4.69) is 6.92 Å². The third kappa shape index (κ3) is 6.54. The van der Waals surface area contributed by atoms with Crippen LogP contribution in [-0.2, 0) is 9.53 Å². The molecule has 0 aliphatic rings. The molecular formula is C9H19NO3. The van der Waals surface area contributed by atoms with Crippen molar-refractivity contribution in [1.29, 1.82) is 0 Å². The minimum absolute atomic E-state index is 0.611. The topological polar surface area (TPSA) is 72.5 Å². The van der Waals surface area contributed by atoms with E-state index in [9.17, 15) is 4.79 Å². The number of ether oxygens (including phenoxy) is 1. The summed E-state index contributed by atoms with van der Waals surface area (Å²) in [6.45, 7) is 3.13. The predicted octanol–water partition coefficient (Wildman–Crippen LogP) is 0.777. The second-order valence-corrected chi connectivity index (χ2v) is 3.40. The Morgan fingerprint density at radius 1 is 1.54 bits per heavy atom. The van der Waals surface area contributed by atoms with Crippen molar-refractivity contribution >= 4 is 5.97 Å². The lowest BCUT2D eigenvalue weighted by atomic mass is 10.1. The van der Waals surface area contributed by atoms with E-state index in [1.165, 1.54) is 0 Å². The van der Waals surface area contributed by atoms with Crippen LogP contribution in [0.1, 0.15) is 39.5 Å². The van der Waals surface area contributed by atoms with Gasteiger partial charge in [-0.05, 0) is 13.3 Å². The molecule has 3 N–H and O–H groups in total. The van der Waals surface area contributed by atoms with E-state index in [0.29, 0.717) is 6.42 Å². The third-order valence-corrected chi connectivity index (χ3v) is 1.75. The second kappa shape index (κ2) is 5.94. The Kier molecular flexibility index (Phi) is 5.66. The van der Waals surface area contributed by atoms with Gasteiger partial charge in [-0.2, -0.15) is 0 Å². The van der Waals surface area contributed by atoms with E-state index in [4.69, 9.17) is 15.6 Å². The van der Waals surface area contributed by atoms with Crippen LogP contribution in [0.15, 0.2) is 0 Å². The molecule has 0 aromatic rings. The molecule has 0 radical (unpaired) electrons. The summed E-state index contributed by atoms with van der Waals surface area (Å²) in [6, 6.07) is 0. The van der Waals surface area contributed by atoms with Crippen molar-refractivity contribution in [3.05, 3.63) is 0 Å². The van der Waals surface area contributed by atoms with Crippen molar-refractivity contribution in [1.82, 2.24) is 0 Å². The zero-order valence-corrected chi connectivity index (χ0v) is 8.38. The first-order chi connectivity index (χ1) is 6.02. The highest BCUT2D eigenvalue weighted by atomic mass is 16.6. The molecule has 4 heteroatoms. The number of hydrogen-bond donors (Lipinski definition) is 2. The minimum Gasteiger partial charge on any atom is -0.443 e. The number of unbranched alkanes of at least 4 members (excludes halogenated alkanes) is 2. The molecule has 0 amide bonds. The number of carbonyl (C=O) groups is 1. The summed E-state index contributed by atoms with van der Waals surface area (Å²) in [6.07, 6.45) is 3.74. The number of esters is 1. The maximum absolute atomic E-state index is 10.7. The van der Waals surface area contributed by atoms with E-state index in [1.807, 2.05) is 0 Å². The monoisotopic (exact) mass is 189 g/mol. The first-order valence-electron chi connectivity index (χ1n) is 4.63. The van der Waals surface area contributed by atoms with Crippen molar-refractivity contribution in [3.63, 3.8) is 0 Å². The largest absolute Gasteiger partial charge is 0.443 e. The van der Waals surface area contributed by atoms with Gasteiger partial charge in [0, 0.05) is 6.42 Å². The maximum Gasteiger partial charge on any atom is 0.333 e. The molecule has 0 saturated heterocycles. The van der Waals surface area contributed by atoms with Crippen LogP contribution < -0.4 is 5.73 Å². The van der Waals surface area contributed by atoms with E-state index < -0.39 is 18.3 Å². The molecule has 0 heterocycles. The van der Waals surface area contributed by atoms with Gasteiger partial charge >= 0.3 is 5.97 Å². The molecule has 0 saturated carbocycles. The summed E-state index contributed by atoms with van der Waals surface area (Å²) < 4.78 is 4.82. The molecular weight excluding hydrogens is 170 g/mol.